The second-order valence-electron chi connectivity index (χ2n) is 4.70. The maximum absolute atomic E-state index is 6.06. The minimum Gasteiger partial charge on any atom is -0.468 e. The molecule has 0 bridgehead atoms. The maximum atomic E-state index is 6.06. The summed E-state index contributed by atoms with van der Waals surface area (Å²) in [5, 5.41) is 0. The van der Waals surface area contributed by atoms with Gasteiger partial charge in [-0.2, -0.15) is 0 Å². The zero-order valence-electron chi connectivity index (χ0n) is 9.01. The van der Waals surface area contributed by atoms with Crippen molar-refractivity contribution in [2.24, 2.45) is 11.1 Å². The Labute approximate surface area is 94.0 Å². The second-order valence-corrected chi connectivity index (χ2v) is 5.56. The average molecular weight is 260 g/mol. The van der Waals surface area contributed by atoms with E-state index in [0.29, 0.717) is 0 Å². The zero-order chi connectivity index (χ0) is 10.8. The van der Waals surface area contributed by atoms with Crippen molar-refractivity contribution in [2.45, 2.75) is 39.7 Å². The Balaban J connectivity index is 2.46. The molecule has 80 valence electrons. The molecule has 0 saturated carbocycles. The molecule has 3 heteroatoms. The van der Waals surface area contributed by atoms with Gasteiger partial charge in [-0.1, -0.05) is 20.8 Å². The van der Waals surface area contributed by atoms with Gasteiger partial charge in [-0.25, -0.2) is 0 Å². The molecule has 14 heavy (non-hydrogen) atoms. The van der Waals surface area contributed by atoms with Gasteiger partial charge in [0, 0.05) is 12.5 Å². The molecule has 0 aliphatic heterocycles. The van der Waals surface area contributed by atoms with Gasteiger partial charge >= 0.3 is 0 Å². The Hall–Kier alpha value is -0.280. The summed E-state index contributed by atoms with van der Waals surface area (Å²) in [6.45, 7) is 6.48. The molecule has 1 atom stereocenters. The highest BCUT2D eigenvalue weighted by atomic mass is 79.9. The normalized spacial score (nSPS) is 14.4. The molecule has 0 aromatic carbocycles. The SMILES string of the molecule is CC(C)(C)C(N)CCc1occc1Br. The van der Waals surface area contributed by atoms with Crippen LogP contribution in [0.1, 0.15) is 33.0 Å². The van der Waals surface area contributed by atoms with Gasteiger partial charge < -0.3 is 10.2 Å². The van der Waals surface area contributed by atoms with E-state index < -0.39 is 0 Å². The predicted molar refractivity (Wildman–Crippen MR) is 62.2 cm³/mol. The summed E-state index contributed by atoms with van der Waals surface area (Å²) in [6.07, 6.45) is 3.55. The standard InChI is InChI=1S/C11H18BrNO/c1-11(2,3)10(13)5-4-9-8(12)6-7-14-9/h6-7,10H,4-5,13H2,1-3H3. The first-order valence-corrected chi connectivity index (χ1v) is 5.68. The molecule has 2 N–H and O–H groups in total. The average Bonchev–Trinajstić information content (AvgIpc) is 2.45. The number of hydrogen-bond donors (Lipinski definition) is 1. The van der Waals surface area contributed by atoms with Crippen molar-refractivity contribution in [2.75, 3.05) is 0 Å². The summed E-state index contributed by atoms with van der Waals surface area (Å²) in [6, 6.07) is 2.12. The highest BCUT2D eigenvalue weighted by molar-refractivity contribution is 9.10. The van der Waals surface area contributed by atoms with Crippen LogP contribution in [0, 0.1) is 5.41 Å². The first-order valence-electron chi connectivity index (χ1n) is 4.88. The molecular weight excluding hydrogens is 242 g/mol. The van der Waals surface area contributed by atoms with Gasteiger partial charge in [0.05, 0.1) is 10.7 Å². The van der Waals surface area contributed by atoms with Crippen molar-refractivity contribution in [1.29, 1.82) is 0 Å². The maximum Gasteiger partial charge on any atom is 0.117 e. The lowest BCUT2D eigenvalue weighted by Gasteiger charge is -2.26. The molecule has 1 aromatic rings. The first-order chi connectivity index (χ1) is 6.41. The van der Waals surface area contributed by atoms with E-state index in [1.165, 1.54) is 0 Å². The number of hydrogen-bond acceptors (Lipinski definition) is 2. The van der Waals surface area contributed by atoms with E-state index in [1.807, 2.05) is 6.07 Å². The minimum atomic E-state index is 0.166. The summed E-state index contributed by atoms with van der Waals surface area (Å²) >= 11 is 3.43. The van der Waals surface area contributed by atoms with Crippen molar-refractivity contribution in [1.82, 2.24) is 0 Å². The summed E-state index contributed by atoms with van der Waals surface area (Å²) in [5.41, 5.74) is 6.23. The fraction of sp³-hybridized carbons (Fsp3) is 0.636. The predicted octanol–water partition coefficient (Wildman–Crippen LogP) is 3.35. The van der Waals surface area contributed by atoms with Gasteiger partial charge in [0.25, 0.3) is 0 Å². The number of nitrogens with two attached hydrogens (primary N) is 1. The lowest BCUT2D eigenvalue weighted by molar-refractivity contribution is 0.300. The van der Waals surface area contributed by atoms with Gasteiger partial charge in [-0.15, -0.1) is 0 Å². The van der Waals surface area contributed by atoms with Crippen LogP contribution in [0.2, 0.25) is 0 Å². The Morgan fingerprint density at radius 2 is 2.14 bits per heavy atom. The Morgan fingerprint density at radius 3 is 2.57 bits per heavy atom. The Bertz CT molecular complexity index is 288. The number of furan rings is 1. The Kier molecular flexibility index (Phi) is 3.78. The van der Waals surface area contributed by atoms with Crippen molar-refractivity contribution in [3.05, 3.63) is 22.6 Å². The first kappa shape index (κ1) is 11.8. The van der Waals surface area contributed by atoms with Crippen LogP contribution in [0.3, 0.4) is 0 Å². The summed E-state index contributed by atoms with van der Waals surface area (Å²) < 4.78 is 6.37. The lowest BCUT2D eigenvalue weighted by atomic mass is 9.84. The third-order valence-electron chi connectivity index (χ3n) is 2.49. The topological polar surface area (TPSA) is 39.2 Å². The van der Waals surface area contributed by atoms with Crippen LogP contribution >= 0.6 is 15.9 Å². The second kappa shape index (κ2) is 4.49. The van der Waals surface area contributed by atoms with Gasteiger partial charge in [0.2, 0.25) is 0 Å². The van der Waals surface area contributed by atoms with Crippen LogP contribution in [0.4, 0.5) is 0 Å². The van der Waals surface area contributed by atoms with Crippen LogP contribution in [0.15, 0.2) is 21.2 Å². The van der Waals surface area contributed by atoms with Crippen molar-refractivity contribution < 1.29 is 4.42 Å². The van der Waals surface area contributed by atoms with E-state index in [1.54, 1.807) is 6.26 Å². The van der Waals surface area contributed by atoms with E-state index in [4.69, 9.17) is 10.2 Å². The molecule has 1 unspecified atom stereocenters. The van der Waals surface area contributed by atoms with E-state index in [2.05, 4.69) is 36.7 Å². The third-order valence-corrected chi connectivity index (χ3v) is 3.19. The Morgan fingerprint density at radius 1 is 1.50 bits per heavy atom. The minimum absolute atomic E-state index is 0.166. The largest absolute Gasteiger partial charge is 0.468 e. The van der Waals surface area contributed by atoms with Gasteiger partial charge in [-0.3, -0.25) is 0 Å². The summed E-state index contributed by atoms with van der Waals surface area (Å²) in [4.78, 5) is 0. The van der Waals surface area contributed by atoms with Crippen LogP contribution < -0.4 is 5.73 Å². The van der Waals surface area contributed by atoms with Crippen LogP contribution in [-0.4, -0.2) is 6.04 Å². The molecule has 1 rings (SSSR count). The van der Waals surface area contributed by atoms with E-state index in [0.717, 1.165) is 23.1 Å². The summed E-state index contributed by atoms with van der Waals surface area (Å²) in [5.74, 6) is 0.990. The molecule has 0 spiro atoms. The molecule has 0 aliphatic rings. The van der Waals surface area contributed by atoms with Crippen molar-refractivity contribution in [3.63, 3.8) is 0 Å². The zero-order valence-corrected chi connectivity index (χ0v) is 10.6. The molecule has 2 nitrogen and oxygen atoms in total. The molecule has 0 radical (unpaired) electrons. The molecule has 0 saturated heterocycles. The van der Waals surface area contributed by atoms with Crippen molar-refractivity contribution >= 4 is 15.9 Å². The van der Waals surface area contributed by atoms with E-state index >= 15 is 0 Å². The van der Waals surface area contributed by atoms with Crippen LogP contribution in [-0.2, 0) is 6.42 Å². The number of aryl methyl sites for hydroxylation is 1. The quantitative estimate of drug-likeness (QED) is 0.905. The highest BCUT2D eigenvalue weighted by Crippen LogP contribution is 2.24. The number of rotatable bonds is 3. The fourth-order valence-electron chi connectivity index (χ4n) is 1.22. The van der Waals surface area contributed by atoms with Crippen LogP contribution in [0.5, 0.6) is 0 Å². The highest BCUT2D eigenvalue weighted by Gasteiger charge is 2.20. The fourth-order valence-corrected chi connectivity index (χ4v) is 1.62. The van der Waals surface area contributed by atoms with Gasteiger partial charge in [0.15, 0.2) is 0 Å². The van der Waals surface area contributed by atoms with Crippen molar-refractivity contribution in [3.8, 4) is 0 Å². The molecular formula is C11H18BrNO. The molecule has 1 aromatic heterocycles. The number of halogens is 1. The molecule has 0 amide bonds. The monoisotopic (exact) mass is 259 g/mol. The lowest BCUT2D eigenvalue weighted by Crippen LogP contribution is -2.35. The van der Waals surface area contributed by atoms with E-state index in [9.17, 15) is 0 Å². The van der Waals surface area contributed by atoms with Gasteiger partial charge in [-0.05, 0) is 33.8 Å². The molecule has 0 fully saturated rings. The summed E-state index contributed by atoms with van der Waals surface area (Å²) in [7, 11) is 0. The van der Waals surface area contributed by atoms with Gasteiger partial charge in [0.1, 0.15) is 5.76 Å². The third kappa shape index (κ3) is 3.14. The molecule has 0 aliphatic carbocycles. The smallest absolute Gasteiger partial charge is 0.117 e. The van der Waals surface area contributed by atoms with Crippen LogP contribution in [0.25, 0.3) is 0 Å². The van der Waals surface area contributed by atoms with E-state index in [-0.39, 0.29) is 11.5 Å². The molecule has 1 heterocycles.